The largest absolute Gasteiger partial charge is 0.497 e. The van der Waals surface area contributed by atoms with Gasteiger partial charge in [0.1, 0.15) is 11.5 Å². The van der Waals surface area contributed by atoms with E-state index in [-0.39, 0.29) is 0 Å². The highest BCUT2D eigenvalue weighted by atomic mass is 16.5. The van der Waals surface area contributed by atoms with Crippen molar-refractivity contribution >= 4 is 0 Å². The van der Waals surface area contributed by atoms with Crippen molar-refractivity contribution in [2.75, 3.05) is 21.3 Å². The zero-order chi connectivity index (χ0) is 15.2. The lowest BCUT2D eigenvalue weighted by Gasteiger charge is -2.15. The zero-order valence-electron chi connectivity index (χ0n) is 13.1. The Kier molecular flexibility index (Phi) is 5.23. The van der Waals surface area contributed by atoms with E-state index in [1.54, 1.807) is 14.2 Å². The van der Waals surface area contributed by atoms with Crippen LogP contribution in [0.1, 0.15) is 24.9 Å². The van der Waals surface area contributed by atoms with E-state index in [9.17, 15) is 0 Å². The van der Waals surface area contributed by atoms with Gasteiger partial charge in [0.05, 0.1) is 14.2 Å². The molecule has 0 saturated heterocycles. The predicted molar refractivity (Wildman–Crippen MR) is 87.1 cm³/mol. The van der Waals surface area contributed by atoms with Crippen LogP contribution in [0.25, 0.3) is 11.1 Å². The van der Waals surface area contributed by atoms with Crippen LogP contribution in [-0.4, -0.2) is 21.3 Å². The minimum Gasteiger partial charge on any atom is -0.497 e. The maximum atomic E-state index is 5.33. The molecule has 1 N–H and O–H groups in total. The Labute approximate surface area is 126 Å². The maximum absolute atomic E-state index is 5.33. The monoisotopic (exact) mass is 285 g/mol. The fraction of sp³-hybridized carbons (Fsp3) is 0.333. The van der Waals surface area contributed by atoms with E-state index >= 15 is 0 Å². The first-order chi connectivity index (χ1) is 10.2. The highest BCUT2D eigenvalue weighted by molar-refractivity contribution is 5.67. The van der Waals surface area contributed by atoms with Gasteiger partial charge in [-0.2, -0.15) is 0 Å². The second-order valence-electron chi connectivity index (χ2n) is 4.97. The molecule has 0 saturated carbocycles. The van der Waals surface area contributed by atoms with Gasteiger partial charge >= 0.3 is 0 Å². The molecule has 1 unspecified atom stereocenters. The first-order valence-corrected chi connectivity index (χ1v) is 7.22. The Hall–Kier alpha value is -2.00. The van der Waals surface area contributed by atoms with E-state index in [1.165, 1.54) is 5.56 Å². The molecule has 0 radical (unpaired) electrons. The highest BCUT2D eigenvalue weighted by Crippen LogP contribution is 2.30. The van der Waals surface area contributed by atoms with Gasteiger partial charge in [0, 0.05) is 12.1 Å². The summed E-state index contributed by atoms with van der Waals surface area (Å²) in [4.78, 5) is 0. The Morgan fingerprint density at radius 2 is 1.48 bits per heavy atom. The molecule has 1 atom stereocenters. The summed E-state index contributed by atoms with van der Waals surface area (Å²) in [6.45, 7) is 2.18. The van der Waals surface area contributed by atoms with Gasteiger partial charge in [0.15, 0.2) is 0 Å². The summed E-state index contributed by atoms with van der Waals surface area (Å²) in [5.74, 6) is 1.60. The van der Waals surface area contributed by atoms with Gasteiger partial charge in [-0.05, 0) is 42.3 Å². The molecule has 2 aromatic rings. The standard InChI is InChI=1S/C18H23NO2/c1-5-18(19-2)14-8-6-13(7-9-14)15-10-16(20-3)12-17(11-15)21-4/h6-12,18-19H,5H2,1-4H3. The Balaban J connectivity index is 2.34. The van der Waals surface area contributed by atoms with Gasteiger partial charge in [0.25, 0.3) is 0 Å². The number of rotatable bonds is 6. The van der Waals surface area contributed by atoms with Gasteiger partial charge < -0.3 is 14.8 Å². The van der Waals surface area contributed by atoms with Crippen molar-refractivity contribution in [1.82, 2.24) is 5.32 Å². The molecular weight excluding hydrogens is 262 g/mol. The number of hydrogen-bond donors (Lipinski definition) is 1. The second-order valence-corrected chi connectivity index (χ2v) is 4.97. The number of nitrogens with one attached hydrogen (secondary N) is 1. The van der Waals surface area contributed by atoms with Crippen molar-refractivity contribution in [2.45, 2.75) is 19.4 Å². The maximum Gasteiger partial charge on any atom is 0.123 e. The third-order valence-corrected chi connectivity index (χ3v) is 3.75. The quantitative estimate of drug-likeness (QED) is 0.869. The van der Waals surface area contributed by atoms with Crippen LogP contribution in [0, 0.1) is 0 Å². The van der Waals surface area contributed by atoms with E-state index in [2.05, 4.69) is 36.5 Å². The van der Waals surface area contributed by atoms with Crippen LogP contribution in [0.2, 0.25) is 0 Å². The summed E-state index contributed by atoms with van der Waals surface area (Å²) in [7, 11) is 5.33. The SMILES string of the molecule is CCC(NC)c1ccc(-c2cc(OC)cc(OC)c2)cc1. The molecule has 2 aromatic carbocycles. The molecule has 0 aliphatic heterocycles. The highest BCUT2D eigenvalue weighted by Gasteiger charge is 2.08. The van der Waals surface area contributed by atoms with E-state index in [4.69, 9.17) is 9.47 Å². The third-order valence-electron chi connectivity index (χ3n) is 3.75. The minimum atomic E-state index is 0.402. The molecule has 0 amide bonds. The molecule has 0 heterocycles. The lowest BCUT2D eigenvalue weighted by Crippen LogP contribution is -2.14. The van der Waals surface area contributed by atoms with Crippen LogP contribution in [0.4, 0.5) is 0 Å². The van der Waals surface area contributed by atoms with Crippen LogP contribution >= 0.6 is 0 Å². The molecule has 3 heteroatoms. The molecule has 112 valence electrons. The lowest BCUT2D eigenvalue weighted by molar-refractivity contribution is 0.394. The summed E-state index contributed by atoms with van der Waals surface area (Å²) in [6.07, 6.45) is 1.07. The fourth-order valence-corrected chi connectivity index (χ4v) is 2.49. The Morgan fingerprint density at radius 3 is 1.90 bits per heavy atom. The molecule has 2 rings (SSSR count). The van der Waals surface area contributed by atoms with Crippen molar-refractivity contribution in [3.05, 3.63) is 48.0 Å². The van der Waals surface area contributed by atoms with Crippen molar-refractivity contribution in [3.8, 4) is 22.6 Å². The van der Waals surface area contributed by atoms with Crippen LogP contribution in [0.3, 0.4) is 0 Å². The second kappa shape index (κ2) is 7.14. The third kappa shape index (κ3) is 3.56. The Morgan fingerprint density at radius 1 is 0.905 bits per heavy atom. The lowest BCUT2D eigenvalue weighted by atomic mass is 9.99. The van der Waals surface area contributed by atoms with Crippen molar-refractivity contribution in [3.63, 3.8) is 0 Å². The molecular formula is C18H23NO2. The summed E-state index contributed by atoms with van der Waals surface area (Å²) >= 11 is 0. The van der Waals surface area contributed by atoms with Crippen molar-refractivity contribution in [1.29, 1.82) is 0 Å². The first kappa shape index (κ1) is 15.4. The predicted octanol–water partition coefficient (Wildman–Crippen LogP) is 4.04. The van der Waals surface area contributed by atoms with E-state index < -0.39 is 0 Å². The molecule has 0 aliphatic rings. The molecule has 21 heavy (non-hydrogen) atoms. The summed E-state index contributed by atoms with van der Waals surface area (Å²) in [6, 6.07) is 15.0. The number of methoxy groups -OCH3 is 2. The van der Waals surface area contributed by atoms with Gasteiger partial charge in [-0.15, -0.1) is 0 Å². The molecule has 0 spiro atoms. The average Bonchev–Trinajstić information content (AvgIpc) is 2.56. The van der Waals surface area contributed by atoms with E-state index in [0.29, 0.717) is 6.04 Å². The summed E-state index contributed by atoms with van der Waals surface area (Å²) in [5.41, 5.74) is 3.55. The number of ether oxygens (including phenoxy) is 2. The van der Waals surface area contributed by atoms with E-state index in [1.807, 2.05) is 25.2 Å². The zero-order valence-corrected chi connectivity index (χ0v) is 13.1. The minimum absolute atomic E-state index is 0.402. The molecule has 3 nitrogen and oxygen atoms in total. The van der Waals surface area contributed by atoms with Gasteiger partial charge in [-0.1, -0.05) is 31.2 Å². The molecule has 0 fully saturated rings. The number of benzene rings is 2. The molecule has 0 aromatic heterocycles. The van der Waals surface area contributed by atoms with E-state index in [0.717, 1.165) is 29.0 Å². The van der Waals surface area contributed by atoms with Crippen molar-refractivity contribution < 1.29 is 9.47 Å². The van der Waals surface area contributed by atoms with Gasteiger partial charge in [-0.3, -0.25) is 0 Å². The van der Waals surface area contributed by atoms with Crippen LogP contribution < -0.4 is 14.8 Å². The van der Waals surface area contributed by atoms with Crippen LogP contribution in [0.15, 0.2) is 42.5 Å². The smallest absolute Gasteiger partial charge is 0.123 e. The molecule has 0 bridgehead atoms. The first-order valence-electron chi connectivity index (χ1n) is 7.22. The van der Waals surface area contributed by atoms with Crippen LogP contribution in [0.5, 0.6) is 11.5 Å². The summed E-state index contributed by atoms with van der Waals surface area (Å²) < 4.78 is 10.7. The van der Waals surface area contributed by atoms with Crippen LogP contribution in [-0.2, 0) is 0 Å². The summed E-state index contributed by atoms with van der Waals surface area (Å²) in [5, 5.41) is 3.32. The normalized spacial score (nSPS) is 12.0. The topological polar surface area (TPSA) is 30.5 Å². The van der Waals surface area contributed by atoms with Gasteiger partial charge in [-0.25, -0.2) is 0 Å². The Bertz CT molecular complexity index is 552. The van der Waals surface area contributed by atoms with Gasteiger partial charge in [0.2, 0.25) is 0 Å². The average molecular weight is 285 g/mol. The fourth-order valence-electron chi connectivity index (χ4n) is 2.49. The molecule has 0 aliphatic carbocycles. The van der Waals surface area contributed by atoms with Crippen molar-refractivity contribution in [2.24, 2.45) is 0 Å². The number of hydrogen-bond acceptors (Lipinski definition) is 3.